The van der Waals surface area contributed by atoms with Gasteiger partial charge in [0.2, 0.25) is 0 Å². The molecule has 0 aliphatic carbocycles. The molecule has 1 aliphatic heterocycles. The lowest BCUT2D eigenvalue weighted by Gasteiger charge is -2.20. The summed E-state index contributed by atoms with van der Waals surface area (Å²) in [5.41, 5.74) is -0.662. The number of anilines is 1. The van der Waals surface area contributed by atoms with E-state index in [4.69, 9.17) is 0 Å². The molecule has 0 amide bonds. The average Bonchev–Trinajstić information content (AvgIpc) is 2.85. The van der Waals surface area contributed by atoms with Crippen molar-refractivity contribution < 1.29 is 13.2 Å². The van der Waals surface area contributed by atoms with Gasteiger partial charge in [-0.2, -0.15) is 13.2 Å². The van der Waals surface area contributed by atoms with E-state index in [1.165, 1.54) is 6.20 Å². The van der Waals surface area contributed by atoms with E-state index < -0.39 is 11.7 Å². The summed E-state index contributed by atoms with van der Waals surface area (Å²) in [6, 6.07) is 2.57. The Kier molecular flexibility index (Phi) is 4.52. The number of rotatable bonds is 4. The van der Waals surface area contributed by atoms with Crippen LogP contribution in [0.25, 0.3) is 0 Å². The first-order chi connectivity index (χ1) is 9.36. The van der Waals surface area contributed by atoms with Crippen LogP contribution in [0.15, 0.2) is 18.3 Å². The molecule has 1 N–H and O–H groups in total. The highest BCUT2D eigenvalue weighted by atomic mass is 19.4. The molecule has 0 saturated carbocycles. The molecule has 0 radical (unpaired) electrons. The van der Waals surface area contributed by atoms with Crippen molar-refractivity contribution in [3.05, 3.63) is 23.9 Å². The molecule has 1 aromatic heterocycles. The Morgan fingerprint density at radius 3 is 2.80 bits per heavy atom. The standard InChI is InChI=1S/C14H20F3N3/c1-10(2)20-6-4-11(9-20)8-19-13-7-12(3-5-18-13)14(15,16)17/h3,5,7,10-11H,4,6,8-9H2,1-2H3,(H,18,19). The Morgan fingerprint density at radius 1 is 1.45 bits per heavy atom. The number of nitrogens with one attached hydrogen (secondary N) is 1. The maximum atomic E-state index is 12.6. The predicted octanol–water partition coefficient (Wildman–Crippen LogP) is 3.24. The van der Waals surface area contributed by atoms with Crippen LogP contribution in [0.2, 0.25) is 0 Å². The van der Waals surface area contributed by atoms with Crippen LogP contribution in [0.1, 0.15) is 25.8 Å². The van der Waals surface area contributed by atoms with Gasteiger partial charge in [-0.05, 0) is 44.9 Å². The van der Waals surface area contributed by atoms with E-state index in [-0.39, 0.29) is 0 Å². The van der Waals surface area contributed by atoms with Gasteiger partial charge in [0.05, 0.1) is 5.56 Å². The Bertz CT molecular complexity index is 446. The van der Waals surface area contributed by atoms with Gasteiger partial charge in [0.25, 0.3) is 0 Å². The highest BCUT2D eigenvalue weighted by Crippen LogP contribution is 2.30. The minimum absolute atomic E-state index is 0.294. The molecular weight excluding hydrogens is 267 g/mol. The van der Waals surface area contributed by atoms with Crippen LogP contribution in [0, 0.1) is 5.92 Å². The lowest BCUT2D eigenvalue weighted by molar-refractivity contribution is -0.137. The summed E-state index contributed by atoms with van der Waals surface area (Å²) in [6.45, 7) is 7.02. The minimum atomic E-state index is -4.32. The SMILES string of the molecule is CC(C)N1CCC(CNc2cc(C(F)(F)F)ccn2)C1. The number of hydrogen-bond donors (Lipinski definition) is 1. The predicted molar refractivity (Wildman–Crippen MR) is 72.5 cm³/mol. The maximum absolute atomic E-state index is 12.6. The number of hydrogen-bond acceptors (Lipinski definition) is 3. The van der Waals surface area contributed by atoms with Gasteiger partial charge in [0.15, 0.2) is 0 Å². The summed E-state index contributed by atoms with van der Waals surface area (Å²) in [6.07, 6.45) is -2.05. The first-order valence-corrected chi connectivity index (χ1v) is 6.87. The monoisotopic (exact) mass is 287 g/mol. The second kappa shape index (κ2) is 5.99. The minimum Gasteiger partial charge on any atom is -0.370 e. The second-order valence-corrected chi connectivity index (χ2v) is 5.55. The van der Waals surface area contributed by atoms with E-state index in [9.17, 15) is 13.2 Å². The van der Waals surface area contributed by atoms with Gasteiger partial charge >= 0.3 is 6.18 Å². The number of likely N-dealkylation sites (tertiary alicyclic amines) is 1. The quantitative estimate of drug-likeness (QED) is 0.921. The lowest BCUT2D eigenvalue weighted by atomic mass is 10.1. The summed E-state index contributed by atoms with van der Waals surface area (Å²) >= 11 is 0. The van der Waals surface area contributed by atoms with Gasteiger partial charge in [-0.25, -0.2) is 4.98 Å². The molecule has 20 heavy (non-hydrogen) atoms. The Hall–Kier alpha value is -1.30. The third kappa shape index (κ3) is 3.85. The molecule has 112 valence electrons. The molecule has 1 aliphatic rings. The topological polar surface area (TPSA) is 28.2 Å². The zero-order valence-corrected chi connectivity index (χ0v) is 11.7. The second-order valence-electron chi connectivity index (χ2n) is 5.55. The molecule has 6 heteroatoms. The fourth-order valence-electron chi connectivity index (χ4n) is 2.45. The van der Waals surface area contributed by atoms with E-state index in [2.05, 4.69) is 29.0 Å². The van der Waals surface area contributed by atoms with E-state index in [0.29, 0.717) is 24.3 Å². The van der Waals surface area contributed by atoms with Crippen molar-refractivity contribution >= 4 is 5.82 Å². The fourth-order valence-corrected chi connectivity index (χ4v) is 2.45. The first-order valence-electron chi connectivity index (χ1n) is 6.87. The highest BCUT2D eigenvalue weighted by Gasteiger charge is 2.31. The van der Waals surface area contributed by atoms with E-state index in [1.54, 1.807) is 0 Å². The highest BCUT2D eigenvalue weighted by molar-refractivity contribution is 5.38. The summed E-state index contributed by atoms with van der Waals surface area (Å²) < 4.78 is 37.8. The summed E-state index contributed by atoms with van der Waals surface area (Å²) in [5.74, 6) is 0.761. The molecule has 0 aromatic carbocycles. The zero-order valence-electron chi connectivity index (χ0n) is 11.7. The van der Waals surface area contributed by atoms with Gasteiger partial charge in [0.1, 0.15) is 5.82 Å². The smallest absolute Gasteiger partial charge is 0.370 e. The van der Waals surface area contributed by atoms with Crippen molar-refractivity contribution in [3.63, 3.8) is 0 Å². The van der Waals surface area contributed by atoms with Gasteiger partial charge in [-0.3, -0.25) is 0 Å². The van der Waals surface area contributed by atoms with Crippen LogP contribution < -0.4 is 5.32 Å². The molecule has 2 heterocycles. The van der Waals surface area contributed by atoms with Crippen molar-refractivity contribution in [1.29, 1.82) is 0 Å². The summed E-state index contributed by atoms with van der Waals surface area (Å²) in [7, 11) is 0. The van der Waals surface area contributed by atoms with Gasteiger partial charge in [0, 0.05) is 25.3 Å². The van der Waals surface area contributed by atoms with Crippen LogP contribution in [0.4, 0.5) is 19.0 Å². The van der Waals surface area contributed by atoms with E-state index in [1.807, 2.05) is 0 Å². The van der Waals surface area contributed by atoms with Gasteiger partial charge in [-0.1, -0.05) is 0 Å². The molecule has 2 rings (SSSR count). The molecular formula is C14H20F3N3. The Balaban J connectivity index is 1.89. The van der Waals surface area contributed by atoms with Crippen LogP contribution >= 0.6 is 0 Å². The molecule has 1 unspecified atom stereocenters. The Labute approximate surface area is 117 Å². The van der Waals surface area contributed by atoms with Gasteiger partial charge in [-0.15, -0.1) is 0 Å². The maximum Gasteiger partial charge on any atom is 0.416 e. The molecule has 3 nitrogen and oxygen atoms in total. The molecule has 1 saturated heterocycles. The molecule has 0 bridgehead atoms. The molecule has 1 fully saturated rings. The molecule has 0 spiro atoms. The van der Waals surface area contributed by atoms with Crippen molar-refractivity contribution in [3.8, 4) is 0 Å². The van der Waals surface area contributed by atoms with Crippen molar-refractivity contribution in [1.82, 2.24) is 9.88 Å². The van der Waals surface area contributed by atoms with Crippen LogP contribution in [0.5, 0.6) is 0 Å². The number of halogens is 3. The zero-order chi connectivity index (χ0) is 14.8. The fraction of sp³-hybridized carbons (Fsp3) is 0.643. The number of nitrogens with zero attached hydrogens (tertiary/aromatic N) is 2. The number of alkyl halides is 3. The molecule has 1 aromatic rings. The van der Waals surface area contributed by atoms with Crippen molar-refractivity contribution in [2.45, 2.75) is 32.5 Å². The summed E-state index contributed by atoms with van der Waals surface area (Å²) in [5, 5.41) is 3.02. The lowest BCUT2D eigenvalue weighted by Crippen LogP contribution is -2.29. The largest absolute Gasteiger partial charge is 0.416 e. The average molecular weight is 287 g/mol. The number of aromatic nitrogens is 1. The summed E-state index contributed by atoms with van der Waals surface area (Å²) in [4.78, 5) is 6.32. The third-order valence-corrected chi connectivity index (χ3v) is 3.71. The first kappa shape index (κ1) is 15.1. The van der Waals surface area contributed by atoms with Crippen LogP contribution in [-0.4, -0.2) is 35.6 Å². The van der Waals surface area contributed by atoms with Crippen molar-refractivity contribution in [2.75, 3.05) is 25.0 Å². The van der Waals surface area contributed by atoms with Crippen LogP contribution in [-0.2, 0) is 6.18 Å². The molecule has 1 atom stereocenters. The van der Waals surface area contributed by atoms with Crippen molar-refractivity contribution in [2.24, 2.45) is 5.92 Å². The normalized spacial score (nSPS) is 20.6. The number of pyridine rings is 1. The van der Waals surface area contributed by atoms with E-state index in [0.717, 1.165) is 31.6 Å². The Morgan fingerprint density at radius 2 is 2.20 bits per heavy atom. The third-order valence-electron chi connectivity index (χ3n) is 3.71. The van der Waals surface area contributed by atoms with Crippen LogP contribution in [0.3, 0.4) is 0 Å². The van der Waals surface area contributed by atoms with Gasteiger partial charge < -0.3 is 10.2 Å². The van der Waals surface area contributed by atoms with E-state index >= 15 is 0 Å².